The fraction of sp³-hybridized carbons (Fsp3) is 0.207. The molecule has 0 saturated carbocycles. The number of H-pyrrole nitrogens is 1. The number of halogens is 2. The summed E-state index contributed by atoms with van der Waals surface area (Å²) in [6, 6.07) is 17.4. The second kappa shape index (κ2) is 9.29. The Morgan fingerprint density at radius 2 is 1.87 bits per heavy atom. The molecule has 0 radical (unpaired) electrons. The van der Waals surface area contributed by atoms with E-state index in [1.54, 1.807) is 24.0 Å². The van der Waals surface area contributed by atoms with Gasteiger partial charge in [-0.05, 0) is 42.3 Å². The van der Waals surface area contributed by atoms with Crippen LogP contribution >= 0.6 is 11.6 Å². The second-order valence-corrected chi connectivity index (χ2v) is 10.0. The molecule has 2 aliphatic rings. The Labute approximate surface area is 223 Å². The van der Waals surface area contributed by atoms with E-state index in [0.29, 0.717) is 12.0 Å². The quantitative estimate of drug-likeness (QED) is 0.360. The monoisotopic (exact) mass is 530 g/mol. The number of aromatic amines is 1. The number of para-hydroxylation sites is 1. The average molecular weight is 531 g/mol. The lowest BCUT2D eigenvalue weighted by atomic mass is 9.90. The maximum Gasteiger partial charge on any atom is 0.255 e. The second-order valence-electron chi connectivity index (χ2n) is 9.63. The van der Waals surface area contributed by atoms with E-state index < -0.39 is 35.8 Å². The van der Waals surface area contributed by atoms with Crippen molar-refractivity contribution in [3.63, 3.8) is 0 Å². The van der Waals surface area contributed by atoms with Gasteiger partial charge in [0.05, 0.1) is 6.04 Å². The third-order valence-electron chi connectivity index (χ3n) is 7.41. The number of carbonyl (C=O) groups is 3. The first-order chi connectivity index (χ1) is 18.3. The predicted molar refractivity (Wildman–Crippen MR) is 141 cm³/mol. The first kappa shape index (κ1) is 24.2. The van der Waals surface area contributed by atoms with E-state index in [4.69, 9.17) is 11.6 Å². The molecule has 192 valence electrons. The van der Waals surface area contributed by atoms with Crippen LogP contribution < -0.4 is 10.6 Å². The van der Waals surface area contributed by atoms with Crippen LogP contribution in [0.2, 0.25) is 5.02 Å². The van der Waals surface area contributed by atoms with Crippen molar-refractivity contribution in [2.24, 2.45) is 0 Å². The van der Waals surface area contributed by atoms with E-state index in [9.17, 15) is 18.8 Å². The van der Waals surface area contributed by atoms with Gasteiger partial charge in [0.2, 0.25) is 11.8 Å². The Kier molecular flexibility index (Phi) is 5.91. The van der Waals surface area contributed by atoms with Gasteiger partial charge in [-0.15, -0.1) is 0 Å². The van der Waals surface area contributed by atoms with E-state index in [1.807, 2.05) is 42.5 Å². The van der Waals surface area contributed by atoms with Gasteiger partial charge in [0.25, 0.3) is 5.91 Å². The average Bonchev–Trinajstić information content (AvgIpc) is 3.43. The normalized spacial score (nSPS) is 18.5. The highest BCUT2D eigenvalue weighted by Crippen LogP contribution is 2.46. The van der Waals surface area contributed by atoms with Gasteiger partial charge in [-0.25, -0.2) is 4.39 Å². The van der Waals surface area contributed by atoms with Gasteiger partial charge < -0.3 is 20.5 Å². The van der Waals surface area contributed by atoms with E-state index in [0.717, 1.165) is 27.7 Å². The number of fused-ring (bicyclic) bond motifs is 7. The zero-order valence-electron chi connectivity index (χ0n) is 20.4. The van der Waals surface area contributed by atoms with E-state index in [-0.39, 0.29) is 23.0 Å². The predicted octanol–water partition coefficient (Wildman–Crippen LogP) is 4.25. The summed E-state index contributed by atoms with van der Waals surface area (Å²) in [7, 11) is 0. The van der Waals surface area contributed by atoms with Crippen LogP contribution in [-0.4, -0.2) is 39.7 Å². The molecule has 3 aromatic carbocycles. The van der Waals surface area contributed by atoms with Crippen molar-refractivity contribution in [3.05, 3.63) is 106 Å². The molecule has 1 unspecified atom stereocenters. The summed E-state index contributed by atoms with van der Waals surface area (Å²) >= 11 is 6.05. The van der Waals surface area contributed by atoms with Crippen LogP contribution in [0.3, 0.4) is 0 Å². The van der Waals surface area contributed by atoms with Crippen molar-refractivity contribution in [2.75, 3.05) is 0 Å². The molecule has 0 saturated heterocycles. The van der Waals surface area contributed by atoms with Gasteiger partial charge in [0.15, 0.2) is 0 Å². The minimum Gasteiger partial charge on any atom is -0.356 e. The molecule has 9 heteroatoms. The Bertz CT molecular complexity index is 1600. The third kappa shape index (κ3) is 3.83. The molecule has 38 heavy (non-hydrogen) atoms. The molecule has 0 spiro atoms. The van der Waals surface area contributed by atoms with Crippen LogP contribution in [0.15, 0.2) is 66.7 Å². The first-order valence-electron chi connectivity index (χ1n) is 12.4. The molecule has 0 fully saturated rings. The van der Waals surface area contributed by atoms with Crippen LogP contribution in [0.1, 0.15) is 45.7 Å². The minimum atomic E-state index is -0.920. The van der Waals surface area contributed by atoms with Crippen molar-refractivity contribution >= 4 is 40.2 Å². The summed E-state index contributed by atoms with van der Waals surface area (Å²) in [5.74, 6) is -1.67. The standard InChI is InChI=1S/C29H24ClFN4O3/c1-15(27(36)32-14-20-21(30)10-6-11-22(20)31)33-28(37)24-13-19-16-7-4-5-12-23(16)34-25(19)26-17-8-2-3-9-18(17)29(38)35(24)26/h2-12,15,24,26,34H,13-14H2,1H3,(H,32,36)(H,33,37)/t15-,24-,26?/m0/s1. The number of nitrogens with zero attached hydrogens (tertiary/aromatic N) is 1. The lowest BCUT2D eigenvalue weighted by molar-refractivity contribution is -0.131. The summed E-state index contributed by atoms with van der Waals surface area (Å²) < 4.78 is 14.1. The highest BCUT2D eigenvalue weighted by molar-refractivity contribution is 6.31. The molecule has 3 amide bonds. The molecule has 4 aromatic rings. The van der Waals surface area contributed by atoms with E-state index in [2.05, 4.69) is 15.6 Å². The van der Waals surface area contributed by atoms with Gasteiger partial charge in [-0.1, -0.05) is 54.1 Å². The molecule has 1 aromatic heterocycles. The van der Waals surface area contributed by atoms with Crippen molar-refractivity contribution in [1.29, 1.82) is 0 Å². The molecule has 3 heterocycles. The summed E-state index contributed by atoms with van der Waals surface area (Å²) in [6.45, 7) is 1.43. The molecule has 0 aliphatic carbocycles. The molecule has 0 bridgehead atoms. The van der Waals surface area contributed by atoms with Crippen molar-refractivity contribution < 1.29 is 18.8 Å². The zero-order valence-corrected chi connectivity index (χ0v) is 21.2. The van der Waals surface area contributed by atoms with Crippen LogP contribution in [0.25, 0.3) is 10.9 Å². The lowest BCUT2D eigenvalue weighted by Crippen LogP contribution is -2.55. The fourth-order valence-electron chi connectivity index (χ4n) is 5.54. The van der Waals surface area contributed by atoms with Crippen molar-refractivity contribution in [3.8, 4) is 0 Å². The third-order valence-corrected chi connectivity index (χ3v) is 7.76. The van der Waals surface area contributed by atoms with Crippen LogP contribution in [0.5, 0.6) is 0 Å². The summed E-state index contributed by atoms with van der Waals surface area (Å²) in [5, 5.41) is 6.60. The summed E-state index contributed by atoms with van der Waals surface area (Å²) in [4.78, 5) is 45.0. The number of rotatable bonds is 5. The highest BCUT2D eigenvalue weighted by Gasteiger charge is 2.49. The van der Waals surface area contributed by atoms with Crippen LogP contribution in [0, 0.1) is 5.82 Å². The number of nitrogens with one attached hydrogen (secondary N) is 3. The number of benzene rings is 3. The number of amides is 3. The minimum absolute atomic E-state index is 0.116. The molecule has 3 atom stereocenters. The number of hydrogen-bond donors (Lipinski definition) is 3. The Morgan fingerprint density at radius 1 is 1.11 bits per heavy atom. The molecule has 2 aliphatic heterocycles. The molecule has 6 rings (SSSR count). The number of hydrogen-bond acceptors (Lipinski definition) is 3. The van der Waals surface area contributed by atoms with Gasteiger partial charge in [-0.2, -0.15) is 0 Å². The number of aromatic nitrogens is 1. The topological polar surface area (TPSA) is 94.3 Å². The largest absolute Gasteiger partial charge is 0.356 e. The summed E-state index contributed by atoms with van der Waals surface area (Å²) in [5.41, 5.74) is 4.40. The highest BCUT2D eigenvalue weighted by atomic mass is 35.5. The van der Waals surface area contributed by atoms with Crippen molar-refractivity contribution in [2.45, 2.75) is 38.0 Å². The number of carbonyl (C=O) groups excluding carboxylic acids is 3. The SMILES string of the molecule is C[C@H](NC(=O)[C@@H]1Cc2c([nH]c3ccccc23)C2c3ccccc3C(=O)N21)C(=O)NCc1c(F)cccc1Cl. The van der Waals surface area contributed by atoms with Crippen molar-refractivity contribution in [1.82, 2.24) is 20.5 Å². The maximum atomic E-state index is 14.1. The van der Waals surface area contributed by atoms with Gasteiger partial charge in [-0.3, -0.25) is 14.4 Å². The van der Waals surface area contributed by atoms with E-state index in [1.165, 1.54) is 12.1 Å². The van der Waals surface area contributed by atoms with Gasteiger partial charge in [0.1, 0.15) is 17.9 Å². The fourth-order valence-corrected chi connectivity index (χ4v) is 5.77. The summed E-state index contributed by atoms with van der Waals surface area (Å²) in [6.07, 6.45) is 0.306. The maximum absolute atomic E-state index is 14.1. The van der Waals surface area contributed by atoms with E-state index >= 15 is 0 Å². The Balaban J connectivity index is 1.27. The lowest BCUT2D eigenvalue weighted by Gasteiger charge is -2.37. The smallest absolute Gasteiger partial charge is 0.255 e. The molecule has 3 N–H and O–H groups in total. The van der Waals surface area contributed by atoms with Gasteiger partial charge in [0, 0.05) is 45.7 Å². The Morgan fingerprint density at radius 3 is 2.68 bits per heavy atom. The molecular formula is C29H24ClFN4O3. The Hall–Kier alpha value is -4.17. The molecular weight excluding hydrogens is 507 g/mol. The zero-order chi connectivity index (χ0) is 26.6. The van der Waals surface area contributed by atoms with Crippen LogP contribution in [0.4, 0.5) is 4.39 Å². The first-order valence-corrected chi connectivity index (χ1v) is 12.7. The molecule has 7 nitrogen and oxygen atoms in total. The van der Waals surface area contributed by atoms with Crippen LogP contribution in [-0.2, 0) is 22.6 Å². The van der Waals surface area contributed by atoms with Gasteiger partial charge >= 0.3 is 0 Å².